The van der Waals surface area contributed by atoms with Crippen LogP contribution in [0.15, 0.2) is 48.9 Å². The molecular weight excluding hydrogens is 503 g/mol. The van der Waals surface area contributed by atoms with Crippen molar-refractivity contribution in [1.82, 2.24) is 24.9 Å². The van der Waals surface area contributed by atoms with Crippen molar-refractivity contribution in [1.29, 1.82) is 5.26 Å². The van der Waals surface area contributed by atoms with E-state index in [4.69, 9.17) is 10.5 Å². The lowest BCUT2D eigenvalue weighted by Crippen LogP contribution is -2.46. The number of halogens is 1. The first kappa shape index (κ1) is 23.7. The van der Waals surface area contributed by atoms with Crippen LogP contribution in [0.1, 0.15) is 18.5 Å². The van der Waals surface area contributed by atoms with Gasteiger partial charge in [-0.2, -0.15) is 5.26 Å². The fourth-order valence-corrected chi connectivity index (χ4v) is 6.13. The van der Waals surface area contributed by atoms with Crippen LogP contribution in [-0.4, -0.2) is 68.2 Å². The largest absolute Gasteiger partial charge is 0.442 e. The average molecular weight is 529 g/mol. The van der Waals surface area contributed by atoms with Crippen LogP contribution in [0.3, 0.4) is 0 Å². The molecule has 4 heterocycles. The van der Waals surface area contributed by atoms with Crippen LogP contribution >= 0.6 is 0 Å². The molecule has 4 atom stereocenters. The van der Waals surface area contributed by atoms with Crippen molar-refractivity contribution in [3.63, 3.8) is 0 Å². The number of carbonyl (C=O) groups excluding carboxylic acids is 2. The number of nitriles is 1. The number of hydrogen-bond acceptors (Lipinski definition) is 8. The van der Waals surface area contributed by atoms with E-state index in [9.17, 15) is 14.9 Å². The number of cyclic esters (lactones) is 1. The Kier molecular flexibility index (Phi) is 5.06. The summed E-state index contributed by atoms with van der Waals surface area (Å²) in [6.07, 6.45) is 5.25. The van der Waals surface area contributed by atoms with Gasteiger partial charge in [-0.05, 0) is 37.1 Å². The second-order valence-corrected chi connectivity index (χ2v) is 10.9. The van der Waals surface area contributed by atoms with Crippen molar-refractivity contribution in [2.24, 2.45) is 17.6 Å². The summed E-state index contributed by atoms with van der Waals surface area (Å²) in [5.74, 6) is -0.469. The summed E-state index contributed by atoms with van der Waals surface area (Å²) >= 11 is 0. The number of hydrogen-bond donors (Lipinski definition) is 1. The number of fused-ring (bicyclic) bond motifs is 1. The summed E-state index contributed by atoms with van der Waals surface area (Å²) in [6, 6.07) is 10.6. The van der Waals surface area contributed by atoms with E-state index in [1.165, 1.54) is 11.0 Å². The van der Waals surface area contributed by atoms with Gasteiger partial charge in [0, 0.05) is 48.4 Å². The Bertz CT molecular complexity index is 1500. The summed E-state index contributed by atoms with van der Waals surface area (Å²) in [5.41, 5.74) is 6.56. The highest BCUT2D eigenvalue weighted by molar-refractivity contribution is 5.90. The van der Waals surface area contributed by atoms with Crippen LogP contribution in [0, 0.1) is 29.0 Å². The van der Waals surface area contributed by atoms with Crippen LogP contribution in [0.5, 0.6) is 0 Å². The van der Waals surface area contributed by atoms with E-state index in [2.05, 4.69) is 21.4 Å². The van der Waals surface area contributed by atoms with E-state index in [0.29, 0.717) is 55.0 Å². The van der Waals surface area contributed by atoms with Gasteiger partial charge in [-0.1, -0.05) is 11.3 Å². The molecule has 2 amide bonds. The Balaban J connectivity index is 1.05. The summed E-state index contributed by atoms with van der Waals surface area (Å²) in [7, 11) is 0. The quantitative estimate of drug-likeness (QED) is 0.511. The van der Waals surface area contributed by atoms with Crippen LogP contribution in [0.2, 0.25) is 0 Å². The van der Waals surface area contributed by atoms with Gasteiger partial charge >= 0.3 is 6.09 Å². The standard InChI is InChI=1S/C27H25FN8O3/c28-22-9-17(36-12-18(39-25(36)38)11-35-8-7-32-33-35)2-3-19(22)16-1-4-23(31-10-16)27(15-29)20-13-34(14-21(20)27)24(37)26(30)5-6-26/h1-4,7-10,18,20-21H,5-6,11-14,30H2/t18-,20-,21+,27+/m0/s1. The number of benzene rings is 1. The molecule has 4 fully saturated rings. The first-order valence-corrected chi connectivity index (χ1v) is 12.9. The molecule has 39 heavy (non-hydrogen) atoms. The molecule has 11 nitrogen and oxygen atoms in total. The number of piperidine rings is 1. The minimum Gasteiger partial charge on any atom is -0.442 e. The van der Waals surface area contributed by atoms with Gasteiger partial charge in [-0.25, -0.2) is 13.9 Å². The number of pyridine rings is 1. The molecule has 2 N–H and O–H groups in total. The fourth-order valence-electron chi connectivity index (χ4n) is 6.13. The number of nitrogens with zero attached hydrogens (tertiary/aromatic N) is 7. The minimum absolute atomic E-state index is 0.0170. The lowest BCUT2D eigenvalue weighted by atomic mass is 9.95. The second-order valence-electron chi connectivity index (χ2n) is 10.9. The first-order valence-electron chi connectivity index (χ1n) is 12.9. The predicted octanol–water partition coefficient (Wildman–Crippen LogP) is 1.85. The fraction of sp³-hybridized carbons (Fsp3) is 0.407. The van der Waals surface area contributed by atoms with E-state index >= 15 is 4.39 Å². The predicted molar refractivity (Wildman–Crippen MR) is 134 cm³/mol. The highest BCUT2D eigenvalue weighted by atomic mass is 19.1. The number of aromatic nitrogens is 4. The Morgan fingerprint density at radius 3 is 2.62 bits per heavy atom. The van der Waals surface area contributed by atoms with Crippen molar-refractivity contribution in [3.8, 4) is 17.2 Å². The lowest BCUT2D eigenvalue weighted by Gasteiger charge is -2.25. The molecule has 2 aromatic heterocycles. The third kappa shape index (κ3) is 3.68. The average Bonchev–Trinajstić information content (AvgIpc) is 3.49. The molecular formula is C27H25FN8O3. The maximum Gasteiger partial charge on any atom is 0.414 e. The molecule has 0 bridgehead atoms. The molecule has 1 aromatic carbocycles. The Labute approximate surface area is 223 Å². The van der Waals surface area contributed by atoms with Gasteiger partial charge < -0.3 is 15.4 Å². The van der Waals surface area contributed by atoms with Crippen LogP contribution in [-0.2, 0) is 21.5 Å². The van der Waals surface area contributed by atoms with E-state index in [-0.39, 0.29) is 24.3 Å². The summed E-state index contributed by atoms with van der Waals surface area (Å²) in [6.45, 7) is 1.64. The normalized spacial score (nSPS) is 28.1. The SMILES string of the molecule is N#C[C@]1(c2ccc(-c3ccc(N4C[C@H](Cn5ccnn5)OC4=O)cc3F)cn2)[C@@H]2CN(C(=O)C3(N)CC3)C[C@@H]21. The van der Waals surface area contributed by atoms with Gasteiger partial charge in [0.1, 0.15) is 17.3 Å². The second kappa shape index (κ2) is 8.31. The molecule has 198 valence electrons. The number of rotatable bonds is 6. The number of amides is 2. The monoisotopic (exact) mass is 528 g/mol. The molecule has 2 aliphatic heterocycles. The topological polar surface area (TPSA) is 143 Å². The Morgan fingerprint density at radius 2 is 2.00 bits per heavy atom. The molecule has 2 saturated carbocycles. The molecule has 4 aliphatic rings. The zero-order chi connectivity index (χ0) is 26.9. The summed E-state index contributed by atoms with van der Waals surface area (Å²) in [5, 5.41) is 17.7. The van der Waals surface area contributed by atoms with Crippen LogP contribution < -0.4 is 10.6 Å². The lowest BCUT2D eigenvalue weighted by molar-refractivity contribution is -0.133. The number of ether oxygens (including phenoxy) is 1. The third-order valence-electron chi connectivity index (χ3n) is 8.57. The van der Waals surface area contributed by atoms with Crippen molar-refractivity contribution < 1.29 is 18.7 Å². The zero-order valence-corrected chi connectivity index (χ0v) is 20.9. The van der Waals surface area contributed by atoms with Gasteiger partial charge in [0.2, 0.25) is 5.91 Å². The van der Waals surface area contributed by atoms with Crippen LogP contribution in [0.25, 0.3) is 11.1 Å². The van der Waals surface area contributed by atoms with Crippen LogP contribution in [0.4, 0.5) is 14.9 Å². The maximum atomic E-state index is 15.2. The van der Waals surface area contributed by atoms with E-state index in [1.807, 2.05) is 0 Å². The molecule has 0 radical (unpaired) electrons. The highest BCUT2D eigenvalue weighted by Crippen LogP contribution is 2.63. The van der Waals surface area contributed by atoms with Crippen molar-refractivity contribution in [2.45, 2.75) is 36.4 Å². The van der Waals surface area contributed by atoms with E-state index in [0.717, 1.165) is 0 Å². The molecule has 7 rings (SSSR count). The number of likely N-dealkylation sites (tertiary alicyclic amines) is 1. The molecule has 2 saturated heterocycles. The van der Waals surface area contributed by atoms with Gasteiger partial charge in [0.05, 0.1) is 42.3 Å². The highest BCUT2D eigenvalue weighted by Gasteiger charge is 2.72. The first-order chi connectivity index (χ1) is 18.8. The Morgan fingerprint density at radius 1 is 1.21 bits per heavy atom. The summed E-state index contributed by atoms with van der Waals surface area (Å²) < 4.78 is 22.2. The van der Waals surface area contributed by atoms with Crippen molar-refractivity contribution in [2.75, 3.05) is 24.5 Å². The van der Waals surface area contributed by atoms with Crippen molar-refractivity contribution in [3.05, 3.63) is 60.4 Å². The van der Waals surface area contributed by atoms with E-state index < -0.39 is 29.0 Å². The zero-order valence-electron chi connectivity index (χ0n) is 20.9. The number of nitrogens with two attached hydrogens (primary N) is 1. The van der Waals surface area contributed by atoms with Gasteiger partial charge in [0.25, 0.3) is 0 Å². The van der Waals surface area contributed by atoms with Gasteiger partial charge in [-0.15, -0.1) is 5.10 Å². The number of carbonyl (C=O) groups is 2. The van der Waals surface area contributed by atoms with Crippen molar-refractivity contribution >= 4 is 17.7 Å². The number of anilines is 1. The van der Waals surface area contributed by atoms with Gasteiger partial charge in [0.15, 0.2) is 0 Å². The van der Waals surface area contributed by atoms with E-state index in [1.54, 1.807) is 52.4 Å². The van der Waals surface area contributed by atoms with Gasteiger partial charge in [-0.3, -0.25) is 14.7 Å². The minimum atomic E-state index is -0.734. The maximum absolute atomic E-state index is 15.2. The molecule has 12 heteroatoms. The third-order valence-corrected chi connectivity index (χ3v) is 8.57. The molecule has 3 aromatic rings. The molecule has 0 spiro atoms. The Hall–Kier alpha value is -4.37. The molecule has 0 unspecified atom stereocenters. The molecule has 2 aliphatic carbocycles. The smallest absolute Gasteiger partial charge is 0.414 e. The summed E-state index contributed by atoms with van der Waals surface area (Å²) in [4.78, 5) is 32.7.